The van der Waals surface area contributed by atoms with Crippen molar-refractivity contribution in [3.63, 3.8) is 0 Å². The van der Waals surface area contributed by atoms with E-state index in [1.807, 2.05) is 64.9 Å². The van der Waals surface area contributed by atoms with Gasteiger partial charge in [0.15, 0.2) is 0 Å². The third-order valence-corrected chi connectivity index (χ3v) is 1.66. The zero-order valence-electron chi connectivity index (χ0n) is 12.7. The van der Waals surface area contributed by atoms with Crippen LogP contribution in [0.3, 0.4) is 0 Å². The molecular formula is C15H28N2. The highest BCUT2D eigenvalue weighted by molar-refractivity contribution is 5.79. The van der Waals surface area contributed by atoms with Gasteiger partial charge in [-0.15, -0.1) is 0 Å². The van der Waals surface area contributed by atoms with E-state index in [1.165, 1.54) is 5.57 Å². The van der Waals surface area contributed by atoms with Crippen molar-refractivity contribution in [2.75, 3.05) is 0 Å². The van der Waals surface area contributed by atoms with Crippen molar-refractivity contribution in [2.24, 2.45) is 5.10 Å². The molecule has 2 heteroatoms. The number of allylic oxidation sites excluding steroid dienone is 4. The molecule has 0 aromatic carbocycles. The monoisotopic (exact) mass is 236 g/mol. The average Bonchev–Trinajstić information content (AvgIpc) is 2.34. The summed E-state index contributed by atoms with van der Waals surface area (Å²) in [6.45, 7) is 16.2. The summed E-state index contributed by atoms with van der Waals surface area (Å²) in [7, 11) is 0. The summed E-state index contributed by atoms with van der Waals surface area (Å²) in [6, 6.07) is 0. The summed E-state index contributed by atoms with van der Waals surface area (Å²) in [4.78, 5) is 0. The first-order chi connectivity index (χ1) is 8.11. The molecule has 0 aromatic rings. The molecule has 1 rings (SSSR count). The molecule has 1 heterocycles. The fourth-order valence-electron chi connectivity index (χ4n) is 1.13. The molecule has 0 unspecified atom stereocenters. The molecule has 0 amide bonds. The molecule has 0 fully saturated rings. The Kier molecular flexibility index (Phi) is 11.9. The first-order valence-electron chi connectivity index (χ1n) is 6.44. The van der Waals surface area contributed by atoms with Crippen LogP contribution < -0.4 is 0 Å². The summed E-state index contributed by atoms with van der Waals surface area (Å²) in [5.74, 6) is 0. The van der Waals surface area contributed by atoms with Gasteiger partial charge in [0, 0.05) is 11.9 Å². The molecule has 1 aliphatic heterocycles. The Bertz CT molecular complexity index is 299. The Morgan fingerprint density at radius 3 is 1.88 bits per heavy atom. The van der Waals surface area contributed by atoms with Gasteiger partial charge < -0.3 is 0 Å². The van der Waals surface area contributed by atoms with Gasteiger partial charge >= 0.3 is 0 Å². The van der Waals surface area contributed by atoms with Crippen LogP contribution in [0.4, 0.5) is 0 Å². The lowest BCUT2D eigenvalue weighted by Gasteiger charge is -2.20. The second-order valence-electron chi connectivity index (χ2n) is 3.48. The number of nitrogens with zero attached hydrogens (tertiary/aromatic N) is 2. The second-order valence-corrected chi connectivity index (χ2v) is 3.48. The third kappa shape index (κ3) is 7.56. The predicted octanol–water partition coefficient (Wildman–Crippen LogP) is 5.11. The van der Waals surface area contributed by atoms with Gasteiger partial charge in [0.1, 0.15) is 0 Å². The lowest BCUT2D eigenvalue weighted by Crippen LogP contribution is -2.12. The molecule has 17 heavy (non-hydrogen) atoms. The Labute approximate surface area is 107 Å². The Morgan fingerprint density at radius 2 is 1.47 bits per heavy atom. The predicted molar refractivity (Wildman–Crippen MR) is 80.0 cm³/mol. The van der Waals surface area contributed by atoms with E-state index in [-0.39, 0.29) is 0 Å². The highest BCUT2D eigenvalue weighted by atomic mass is 15.4. The van der Waals surface area contributed by atoms with Crippen molar-refractivity contribution in [1.29, 1.82) is 0 Å². The van der Waals surface area contributed by atoms with Gasteiger partial charge in [-0.1, -0.05) is 39.3 Å². The van der Waals surface area contributed by atoms with Crippen LogP contribution in [-0.2, 0) is 0 Å². The molecule has 2 nitrogen and oxygen atoms in total. The summed E-state index contributed by atoms with van der Waals surface area (Å²) in [6.07, 6.45) is 8.05. The standard InChI is InChI=1S/C11H16N2.2C2H6/c1-9(2)11-7-5-6-8-13(11)12-10(3)4;2*1-2/h5-8H,1-4H3;2*1-2H3. The highest BCUT2D eigenvalue weighted by Crippen LogP contribution is 2.16. The molecule has 0 atom stereocenters. The minimum absolute atomic E-state index is 1.05. The zero-order valence-corrected chi connectivity index (χ0v) is 12.7. The van der Waals surface area contributed by atoms with Crippen LogP contribution in [0.1, 0.15) is 55.4 Å². The van der Waals surface area contributed by atoms with E-state index < -0.39 is 0 Å². The molecular weight excluding hydrogens is 208 g/mol. The van der Waals surface area contributed by atoms with Crippen molar-refractivity contribution in [3.05, 3.63) is 35.7 Å². The molecule has 98 valence electrons. The SMILES string of the molecule is CC.CC.CC(C)=NN1C=CC=CC1=C(C)C. The van der Waals surface area contributed by atoms with Gasteiger partial charge in [0.25, 0.3) is 0 Å². The minimum atomic E-state index is 1.05. The quantitative estimate of drug-likeness (QED) is 0.577. The number of hydrogen-bond acceptors (Lipinski definition) is 2. The Morgan fingerprint density at radius 1 is 0.941 bits per heavy atom. The average molecular weight is 236 g/mol. The van der Waals surface area contributed by atoms with Crippen molar-refractivity contribution in [3.8, 4) is 0 Å². The van der Waals surface area contributed by atoms with E-state index in [9.17, 15) is 0 Å². The first kappa shape index (κ1) is 18.1. The fraction of sp³-hybridized carbons (Fsp3) is 0.533. The topological polar surface area (TPSA) is 15.6 Å². The first-order valence-corrected chi connectivity index (χ1v) is 6.44. The molecule has 0 aromatic heterocycles. The van der Waals surface area contributed by atoms with Gasteiger partial charge in [0.05, 0.1) is 5.70 Å². The van der Waals surface area contributed by atoms with Gasteiger partial charge in [-0.25, -0.2) is 5.01 Å². The molecule has 0 bridgehead atoms. The Hall–Kier alpha value is -1.31. The lowest BCUT2D eigenvalue weighted by molar-refractivity contribution is 0.503. The summed E-state index contributed by atoms with van der Waals surface area (Å²) >= 11 is 0. The van der Waals surface area contributed by atoms with E-state index in [1.54, 1.807) is 0 Å². The maximum absolute atomic E-state index is 4.39. The molecule has 0 N–H and O–H groups in total. The van der Waals surface area contributed by atoms with Gasteiger partial charge in [-0.2, -0.15) is 5.10 Å². The van der Waals surface area contributed by atoms with Crippen LogP contribution in [0.25, 0.3) is 0 Å². The van der Waals surface area contributed by atoms with E-state index in [2.05, 4.69) is 25.0 Å². The normalized spacial score (nSPS) is 12.0. The maximum atomic E-state index is 4.39. The molecule has 0 spiro atoms. The van der Waals surface area contributed by atoms with Crippen LogP contribution in [0.2, 0.25) is 0 Å². The van der Waals surface area contributed by atoms with Crippen molar-refractivity contribution >= 4 is 5.71 Å². The van der Waals surface area contributed by atoms with E-state index in [0.29, 0.717) is 0 Å². The van der Waals surface area contributed by atoms with Crippen molar-refractivity contribution < 1.29 is 0 Å². The van der Waals surface area contributed by atoms with Gasteiger partial charge in [0.2, 0.25) is 0 Å². The van der Waals surface area contributed by atoms with E-state index in [0.717, 1.165) is 11.4 Å². The number of hydrogen-bond donors (Lipinski definition) is 0. The zero-order chi connectivity index (χ0) is 13.8. The minimum Gasteiger partial charge on any atom is -0.241 e. The largest absolute Gasteiger partial charge is 0.241 e. The van der Waals surface area contributed by atoms with Crippen LogP contribution in [0.5, 0.6) is 0 Å². The van der Waals surface area contributed by atoms with E-state index >= 15 is 0 Å². The maximum Gasteiger partial charge on any atom is 0.0631 e. The van der Waals surface area contributed by atoms with Gasteiger partial charge in [-0.05, 0) is 39.8 Å². The van der Waals surface area contributed by atoms with Crippen molar-refractivity contribution in [1.82, 2.24) is 5.01 Å². The molecule has 0 radical (unpaired) electrons. The van der Waals surface area contributed by atoms with Gasteiger partial charge in [-0.3, -0.25) is 0 Å². The molecule has 0 saturated carbocycles. The molecule has 0 saturated heterocycles. The van der Waals surface area contributed by atoms with Crippen LogP contribution in [-0.4, -0.2) is 10.7 Å². The summed E-state index contributed by atoms with van der Waals surface area (Å²) in [5.41, 5.74) is 3.48. The second kappa shape index (κ2) is 11.2. The molecule has 0 aliphatic carbocycles. The third-order valence-electron chi connectivity index (χ3n) is 1.66. The number of rotatable bonds is 1. The van der Waals surface area contributed by atoms with Crippen LogP contribution in [0.15, 0.2) is 40.8 Å². The van der Waals surface area contributed by atoms with Crippen LogP contribution in [0, 0.1) is 0 Å². The number of hydrazone groups is 1. The smallest absolute Gasteiger partial charge is 0.0631 e. The summed E-state index contributed by atoms with van der Waals surface area (Å²) in [5, 5.41) is 6.30. The van der Waals surface area contributed by atoms with Crippen LogP contribution >= 0.6 is 0 Å². The lowest BCUT2D eigenvalue weighted by atomic mass is 10.2. The Balaban J connectivity index is 0. The summed E-state index contributed by atoms with van der Waals surface area (Å²) < 4.78 is 0. The highest BCUT2D eigenvalue weighted by Gasteiger charge is 2.05. The fourth-order valence-corrected chi connectivity index (χ4v) is 1.13. The van der Waals surface area contributed by atoms with Crippen molar-refractivity contribution in [2.45, 2.75) is 55.4 Å². The van der Waals surface area contributed by atoms with E-state index in [4.69, 9.17) is 0 Å². The molecule has 1 aliphatic rings.